The number of esters is 1. The molecule has 3 heterocycles. The highest BCUT2D eigenvalue weighted by molar-refractivity contribution is 9.11. The number of hydrogen-bond donors (Lipinski definition) is 0. The first kappa shape index (κ1) is 22.3. The van der Waals surface area contributed by atoms with Crippen LogP contribution >= 0.6 is 50.4 Å². The SMILES string of the molecule is CCOC(=O)C1=C(C)N=c2s/c(=C\c3ccc(Br)s3)c(=O)n2C1c1ccc(SC)cc1. The first-order chi connectivity index (χ1) is 14.9. The summed E-state index contributed by atoms with van der Waals surface area (Å²) in [6.07, 6.45) is 3.88. The van der Waals surface area contributed by atoms with Crippen LogP contribution in [0, 0.1) is 0 Å². The molecule has 0 saturated carbocycles. The van der Waals surface area contributed by atoms with Crippen molar-refractivity contribution in [3.8, 4) is 0 Å². The van der Waals surface area contributed by atoms with Gasteiger partial charge in [-0.15, -0.1) is 23.1 Å². The van der Waals surface area contributed by atoms with Gasteiger partial charge >= 0.3 is 5.97 Å². The molecule has 3 aromatic rings. The van der Waals surface area contributed by atoms with Crippen molar-refractivity contribution in [3.63, 3.8) is 0 Å². The Hall–Kier alpha value is -1.94. The Morgan fingerprint density at radius 3 is 2.61 bits per heavy atom. The van der Waals surface area contributed by atoms with E-state index in [1.807, 2.05) is 48.7 Å². The number of nitrogens with zero attached hydrogens (tertiary/aromatic N) is 2. The van der Waals surface area contributed by atoms with Gasteiger partial charge in [0.15, 0.2) is 4.80 Å². The number of ether oxygens (including phenoxy) is 1. The standard InChI is InChI=1S/C22H19BrN2O3S3/c1-4-28-21(27)18-12(2)24-22-25(19(18)13-5-7-14(29-3)8-6-13)20(26)16(31-22)11-15-9-10-17(23)30-15/h5-11,19H,4H2,1-3H3/b16-11-. The average molecular weight is 536 g/mol. The number of rotatable bonds is 5. The van der Waals surface area contributed by atoms with E-state index < -0.39 is 12.0 Å². The lowest BCUT2D eigenvalue weighted by molar-refractivity contribution is -0.139. The van der Waals surface area contributed by atoms with E-state index in [-0.39, 0.29) is 12.2 Å². The van der Waals surface area contributed by atoms with E-state index in [1.165, 1.54) is 11.3 Å². The van der Waals surface area contributed by atoms with E-state index in [0.717, 1.165) is 19.1 Å². The number of aromatic nitrogens is 1. The minimum Gasteiger partial charge on any atom is -0.463 e. The quantitative estimate of drug-likeness (QED) is 0.360. The molecular formula is C22H19BrN2O3S3. The molecule has 2 aromatic heterocycles. The van der Waals surface area contributed by atoms with Crippen LogP contribution in [0.25, 0.3) is 6.08 Å². The van der Waals surface area contributed by atoms with Crippen LogP contribution in [0.1, 0.15) is 30.3 Å². The summed E-state index contributed by atoms with van der Waals surface area (Å²) in [6.45, 7) is 3.82. The van der Waals surface area contributed by atoms with Crippen LogP contribution in [0.5, 0.6) is 0 Å². The molecule has 5 nitrogen and oxygen atoms in total. The molecule has 0 spiro atoms. The van der Waals surface area contributed by atoms with Crippen LogP contribution in [0.2, 0.25) is 0 Å². The maximum atomic E-state index is 13.5. The third-order valence-corrected chi connectivity index (χ3v) is 8.11. The Labute approximate surface area is 199 Å². The molecule has 1 unspecified atom stereocenters. The van der Waals surface area contributed by atoms with Gasteiger partial charge in [-0.2, -0.15) is 0 Å². The Morgan fingerprint density at radius 1 is 1.26 bits per heavy atom. The lowest BCUT2D eigenvalue weighted by Gasteiger charge is -2.24. The first-order valence-electron chi connectivity index (χ1n) is 9.52. The molecule has 1 aliphatic heterocycles. The Morgan fingerprint density at radius 2 is 2.00 bits per heavy atom. The highest BCUT2D eigenvalue weighted by Crippen LogP contribution is 2.31. The summed E-state index contributed by atoms with van der Waals surface area (Å²) >= 11 is 7.98. The number of fused-ring (bicyclic) bond motifs is 1. The lowest BCUT2D eigenvalue weighted by Crippen LogP contribution is -2.39. The number of hydrogen-bond acceptors (Lipinski definition) is 7. The van der Waals surface area contributed by atoms with Gasteiger partial charge in [-0.05, 0) is 71.9 Å². The minimum atomic E-state index is -0.580. The van der Waals surface area contributed by atoms with Crippen molar-refractivity contribution < 1.29 is 9.53 Å². The predicted molar refractivity (Wildman–Crippen MR) is 131 cm³/mol. The molecule has 1 aromatic carbocycles. The van der Waals surface area contributed by atoms with Crippen molar-refractivity contribution in [2.24, 2.45) is 4.99 Å². The van der Waals surface area contributed by atoms with Gasteiger partial charge in [0, 0.05) is 9.77 Å². The van der Waals surface area contributed by atoms with Gasteiger partial charge < -0.3 is 4.74 Å². The molecule has 1 aliphatic rings. The maximum Gasteiger partial charge on any atom is 0.338 e. The second kappa shape index (κ2) is 9.28. The number of thiophene rings is 1. The number of benzene rings is 1. The number of halogens is 1. The zero-order valence-electron chi connectivity index (χ0n) is 17.0. The molecule has 4 rings (SSSR count). The number of thioether (sulfide) groups is 1. The number of carbonyl (C=O) groups is 1. The number of thiazole rings is 1. The minimum absolute atomic E-state index is 0.165. The van der Waals surface area contributed by atoms with E-state index in [0.29, 0.717) is 20.6 Å². The molecule has 0 aliphatic carbocycles. The van der Waals surface area contributed by atoms with Crippen molar-refractivity contribution in [3.05, 3.63) is 81.6 Å². The fourth-order valence-electron chi connectivity index (χ4n) is 3.43. The molecule has 0 amide bonds. The molecule has 0 N–H and O–H groups in total. The first-order valence-corrected chi connectivity index (χ1v) is 13.2. The van der Waals surface area contributed by atoms with Crippen molar-refractivity contribution in [1.29, 1.82) is 0 Å². The molecule has 0 saturated heterocycles. The van der Waals surface area contributed by atoms with Crippen molar-refractivity contribution >= 4 is 62.4 Å². The molecule has 9 heteroatoms. The second-order valence-electron chi connectivity index (χ2n) is 6.72. The normalized spacial score (nSPS) is 16.3. The van der Waals surface area contributed by atoms with Crippen molar-refractivity contribution in [2.75, 3.05) is 12.9 Å². The van der Waals surface area contributed by atoms with Gasteiger partial charge in [-0.25, -0.2) is 9.79 Å². The Bertz CT molecular complexity index is 1350. The topological polar surface area (TPSA) is 60.7 Å². The summed E-state index contributed by atoms with van der Waals surface area (Å²) in [5.41, 5.74) is 1.66. The zero-order valence-corrected chi connectivity index (χ0v) is 21.1. The molecule has 0 fully saturated rings. The van der Waals surface area contributed by atoms with Crippen LogP contribution in [-0.2, 0) is 9.53 Å². The highest BCUT2D eigenvalue weighted by atomic mass is 79.9. The average Bonchev–Trinajstić information content (AvgIpc) is 3.30. The van der Waals surface area contributed by atoms with Crippen molar-refractivity contribution in [2.45, 2.75) is 24.8 Å². The van der Waals surface area contributed by atoms with Gasteiger partial charge in [0.1, 0.15) is 0 Å². The van der Waals surface area contributed by atoms with E-state index >= 15 is 0 Å². The molecular weight excluding hydrogens is 516 g/mol. The summed E-state index contributed by atoms with van der Waals surface area (Å²) in [5.74, 6) is -0.445. The third-order valence-electron chi connectivity index (χ3n) is 4.82. The summed E-state index contributed by atoms with van der Waals surface area (Å²) < 4.78 is 8.52. The summed E-state index contributed by atoms with van der Waals surface area (Å²) in [6, 6.07) is 11.2. The second-order valence-corrected chi connectivity index (χ2v) is 11.1. The third kappa shape index (κ3) is 4.37. The van der Waals surface area contributed by atoms with Crippen LogP contribution in [0.4, 0.5) is 0 Å². The predicted octanol–water partition coefficient (Wildman–Crippen LogP) is 4.34. The fourth-order valence-corrected chi connectivity index (χ4v) is 6.32. The molecule has 0 bridgehead atoms. The maximum absolute atomic E-state index is 13.5. The molecule has 0 radical (unpaired) electrons. The van der Waals surface area contributed by atoms with Gasteiger partial charge in [0.05, 0.1) is 32.2 Å². The summed E-state index contributed by atoms with van der Waals surface area (Å²) in [7, 11) is 0. The Kier molecular flexibility index (Phi) is 6.66. The van der Waals surface area contributed by atoms with Crippen molar-refractivity contribution in [1.82, 2.24) is 4.57 Å². The smallest absolute Gasteiger partial charge is 0.338 e. The van der Waals surface area contributed by atoms with Crippen LogP contribution in [0.15, 0.2) is 66.1 Å². The van der Waals surface area contributed by atoms with E-state index in [9.17, 15) is 9.59 Å². The van der Waals surface area contributed by atoms with Gasteiger partial charge in [-0.3, -0.25) is 9.36 Å². The largest absolute Gasteiger partial charge is 0.463 e. The molecule has 1 atom stereocenters. The van der Waals surface area contributed by atoms with Crippen LogP contribution < -0.4 is 14.9 Å². The summed E-state index contributed by atoms with van der Waals surface area (Å²) in [4.78, 5) is 33.6. The van der Waals surface area contributed by atoms with Gasteiger partial charge in [0.25, 0.3) is 5.56 Å². The Balaban J connectivity index is 1.94. The highest BCUT2D eigenvalue weighted by Gasteiger charge is 2.33. The number of allylic oxidation sites excluding steroid dienone is 1. The lowest BCUT2D eigenvalue weighted by atomic mass is 9.96. The van der Waals surface area contributed by atoms with Crippen LogP contribution in [0.3, 0.4) is 0 Å². The van der Waals surface area contributed by atoms with Gasteiger partial charge in [0.2, 0.25) is 0 Å². The number of carbonyl (C=O) groups excluding carboxylic acids is 1. The van der Waals surface area contributed by atoms with E-state index in [2.05, 4.69) is 20.9 Å². The van der Waals surface area contributed by atoms with Gasteiger partial charge in [-0.1, -0.05) is 23.5 Å². The monoisotopic (exact) mass is 534 g/mol. The van der Waals surface area contributed by atoms with E-state index in [1.54, 1.807) is 41.5 Å². The summed E-state index contributed by atoms with van der Waals surface area (Å²) in [5, 5.41) is 0. The van der Waals surface area contributed by atoms with Crippen LogP contribution in [-0.4, -0.2) is 23.4 Å². The molecule has 160 valence electrons. The fraction of sp³-hybridized carbons (Fsp3) is 0.227. The van der Waals surface area contributed by atoms with E-state index in [4.69, 9.17) is 4.74 Å². The zero-order chi connectivity index (χ0) is 22.1. The molecule has 31 heavy (non-hydrogen) atoms.